The van der Waals surface area contributed by atoms with Crippen molar-refractivity contribution in [3.8, 4) is 5.69 Å². The van der Waals surface area contributed by atoms with Crippen molar-refractivity contribution in [1.82, 2.24) is 9.55 Å². The fourth-order valence-corrected chi connectivity index (χ4v) is 1.93. The molecule has 0 amide bonds. The van der Waals surface area contributed by atoms with Gasteiger partial charge in [0.05, 0.1) is 16.3 Å². The summed E-state index contributed by atoms with van der Waals surface area (Å²) in [5, 5.41) is -0.396. The minimum atomic E-state index is -4.62. The first kappa shape index (κ1) is 14.7. The molecule has 1 N–H and O–H groups in total. The number of nitrogens with one attached hydrogen (secondary N) is 1. The third kappa shape index (κ3) is 2.73. The minimum Gasteiger partial charge on any atom is -0.297 e. The van der Waals surface area contributed by atoms with Crippen molar-refractivity contribution in [3.63, 3.8) is 0 Å². The number of nitrogens with zero attached hydrogens (tertiary/aromatic N) is 1. The van der Waals surface area contributed by atoms with E-state index >= 15 is 0 Å². The van der Waals surface area contributed by atoms with E-state index in [2.05, 4.69) is 4.98 Å². The Bertz CT molecular complexity index is 749. The molecule has 0 unspecified atom stereocenters. The Balaban J connectivity index is 2.77. The van der Waals surface area contributed by atoms with Crippen LogP contribution in [0.5, 0.6) is 0 Å². The van der Waals surface area contributed by atoms with Crippen molar-refractivity contribution in [1.29, 1.82) is 0 Å². The average Bonchev–Trinajstić information content (AvgIpc) is 2.28. The lowest BCUT2D eigenvalue weighted by atomic mass is 10.2. The molecule has 1 aromatic carbocycles. The first-order valence-electron chi connectivity index (χ1n) is 5.09. The van der Waals surface area contributed by atoms with Gasteiger partial charge < -0.3 is 0 Å². The van der Waals surface area contributed by atoms with Crippen LogP contribution in [0.25, 0.3) is 5.69 Å². The highest BCUT2D eigenvalue weighted by molar-refractivity contribution is 6.32. The monoisotopic (exact) mass is 324 g/mol. The van der Waals surface area contributed by atoms with Crippen LogP contribution in [0.15, 0.2) is 33.9 Å². The predicted molar refractivity (Wildman–Crippen MR) is 67.7 cm³/mol. The maximum atomic E-state index is 12.6. The molecule has 0 bridgehead atoms. The molecule has 0 saturated heterocycles. The van der Waals surface area contributed by atoms with E-state index in [1.807, 2.05) is 0 Å². The van der Waals surface area contributed by atoms with Crippen molar-refractivity contribution in [2.45, 2.75) is 6.18 Å². The molecule has 0 aliphatic heterocycles. The summed E-state index contributed by atoms with van der Waals surface area (Å²) in [4.78, 5) is 25.4. The molecular weight excluding hydrogens is 320 g/mol. The topological polar surface area (TPSA) is 54.9 Å². The number of hydrogen-bond acceptors (Lipinski definition) is 2. The molecule has 0 atom stereocenters. The summed E-state index contributed by atoms with van der Waals surface area (Å²) in [6.07, 6.45) is -4.62. The van der Waals surface area contributed by atoms with Gasteiger partial charge in [-0.2, -0.15) is 13.2 Å². The van der Waals surface area contributed by atoms with E-state index in [4.69, 9.17) is 23.2 Å². The number of halogens is 5. The molecule has 1 aromatic heterocycles. The maximum absolute atomic E-state index is 12.6. The van der Waals surface area contributed by atoms with Gasteiger partial charge in [0.25, 0.3) is 5.56 Å². The Morgan fingerprint density at radius 1 is 1.10 bits per heavy atom. The molecule has 2 rings (SSSR count). The first-order valence-corrected chi connectivity index (χ1v) is 5.85. The van der Waals surface area contributed by atoms with E-state index in [9.17, 15) is 22.8 Å². The van der Waals surface area contributed by atoms with Crippen LogP contribution in [0, 0.1) is 0 Å². The largest absolute Gasteiger partial charge is 0.416 e. The zero-order valence-corrected chi connectivity index (χ0v) is 11.0. The van der Waals surface area contributed by atoms with Gasteiger partial charge in [-0.1, -0.05) is 23.2 Å². The van der Waals surface area contributed by atoms with Gasteiger partial charge in [0, 0.05) is 6.07 Å². The third-order valence-electron chi connectivity index (χ3n) is 2.41. The molecule has 106 valence electrons. The van der Waals surface area contributed by atoms with Gasteiger partial charge in [0.2, 0.25) is 0 Å². The van der Waals surface area contributed by atoms with E-state index in [1.54, 1.807) is 0 Å². The predicted octanol–water partition coefficient (Wildman–Crippen LogP) is 2.85. The van der Waals surface area contributed by atoms with Crippen LogP contribution in [-0.2, 0) is 6.18 Å². The molecule has 0 spiro atoms. The summed E-state index contributed by atoms with van der Waals surface area (Å²) in [5.41, 5.74) is -3.27. The van der Waals surface area contributed by atoms with Crippen molar-refractivity contribution in [2.75, 3.05) is 0 Å². The number of hydrogen-bond donors (Lipinski definition) is 1. The lowest BCUT2D eigenvalue weighted by molar-refractivity contribution is -0.137. The molecule has 0 radical (unpaired) electrons. The number of alkyl halides is 3. The second kappa shape index (κ2) is 4.99. The zero-order valence-electron chi connectivity index (χ0n) is 9.46. The van der Waals surface area contributed by atoms with Gasteiger partial charge in [0.15, 0.2) is 0 Å². The van der Waals surface area contributed by atoms with Crippen molar-refractivity contribution >= 4 is 23.2 Å². The fraction of sp³-hybridized carbons (Fsp3) is 0.0909. The van der Waals surface area contributed by atoms with Crippen LogP contribution < -0.4 is 11.2 Å². The quantitative estimate of drug-likeness (QED) is 0.820. The Morgan fingerprint density at radius 2 is 1.75 bits per heavy atom. The Labute approximate surface area is 119 Å². The third-order valence-corrected chi connectivity index (χ3v) is 2.94. The van der Waals surface area contributed by atoms with E-state index in [0.717, 1.165) is 18.2 Å². The van der Waals surface area contributed by atoms with E-state index in [1.165, 1.54) is 0 Å². The van der Waals surface area contributed by atoms with Crippen LogP contribution in [0.3, 0.4) is 0 Å². The van der Waals surface area contributed by atoms with Gasteiger partial charge >= 0.3 is 11.9 Å². The highest BCUT2D eigenvalue weighted by Crippen LogP contribution is 2.32. The van der Waals surface area contributed by atoms with Crippen LogP contribution in [0.1, 0.15) is 5.56 Å². The second-order valence-electron chi connectivity index (χ2n) is 3.76. The maximum Gasteiger partial charge on any atom is 0.416 e. The van der Waals surface area contributed by atoms with Gasteiger partial charge in [-0.05, 0) is 18.2 Å². The smallest absolute Gasteiger partial charge is 0.297 e. The normalized spacial score (nSPS) is 11.7. The van der Waals surface area contributed by atoms with Crippen LogP contribution >= 0.6 is 23.2 Å². The van der Waals surface area contributed by atoms with Crippen molar-refractivity contribution in [2.24, 2.45) is 0 Å². The Hall–Kier alpha value is -1.73. The fourth-order valence-electron chi connectivity index (χ4n) is 1.56. The molecule has 0 fully saturated rings. The molecule has 20 heavy (non-hydrogen) atoms. The average molecular weight is 325 g/mol. The van der Waals surface area contributed by atoms with Crippen LogP contribution in [0.2, 0.25) is 10.2 Å². The summed E-state index contributed by atoms with van der Waals surface area (Å²) < 4.78 is 38.4. The summed E-state index contributed by atoms with van der Waals surface area (Å²) in [7, 11) is 0. The molecule has 0 aliphatic carbocycles. The lowest BCUT2D eigenvalue weighted by Gasteiger charge is -2.11. The van der Waals surface area contributed by atoms with Crippen molar-refractivity contribution < 1.29 is 13.2 Å². The first-order chi connectivity index (χ1) is 9.20. The summed E-state index contributed by atoms with van der Waals surface area (Å²) >= 11 is 11.2. The number of rotatable bonds is 1. The standard InChI is InChI=1S/C11H5Cl2F3N2O2/c12-6-2-1-5(11(14,15)16)3-7(6)18-9(19)4-8(13)17-10(18)20/h1-4H,(H,17,20). The van der Waals surface area contributed by atoms with Gasteiger partial charge in [-0.25, -0.2) is 9.36 Å². The molecule has 9 heteroatoms. The Kier molecular flexibility index (Phi) is 3.66. The Morgan fingerprint density at radius 3 is 2.30 bits per heavy atom. The summed E-state index contributed by atoms with van der Waals surface area (Å²) in [6, 6.07) is 3.19. The summed E-state index contributed by atoms with van der Waals surface area (Å²) in [5.74, 6) is 0. The van der Waals surface area contributed by atoms with E-state index in [0.29, 0.717) is 10.6 Å². The molecule has 0 saturated carbocycles. The molecule has 1 heterocycles. The minimum absolute atomic E-state index is 0.173. The van der Waals surface area contributed by atoms with E-state index in [-0.39, 0.29) is 15.9 Å². The van der Waals surface area contributed by atoms with E-state index < -0.39 is 23.0 Å². The number of H-pyrrole nitrogens is 1. The molecular formula is C11H5Cl2F3N2O2. The van der Waals surface area contributed by atoms with Gasteiger partial charge in [0.1, 0.15) is 5.15 Å². The second-order valence-corrected chi connectivity index (χ2v) is 4.57. The molecule has 2 aromatic rings. The number of aromatic amines is 1. The SMILES string of the molecule is O=c1cc(Cl)[nH]c(=O)n1-c1cc(C(F)(F)F)ccc1Cl. The molecule has 0 aliphatic rings. The molecule has 4 nitrogen and oxygen atoms in total. The zero-order chi connectivity index (χ0) is 15.1. The highest BCUT2D eigenvalue weighted by Gasteiger charge is 2.31. The van der Waals surface area contributed by atoms with Crippen LogP contribution in [0.4, 0.5) is 13.2 Å². The van der Waals surface area contributed by atoms with Gasteiger partial charge in [-0.15, -0.1) is 0 Å². The number of benzene rings is 1. The van der Waals surface area contributed by atoms with Crippen molar-refractivity contribution in [3.05, 3.63) is 60.8 Å². The van der Waals surface area contributed by atoms with Crippen LogP contribution in [-0.4, -0.2) is 9.55 Å². The van der Waals surface area contributed by atoms with Gasteiger partial charge in [-0.3, -0.25) is 9.78 Å². The highest BCUT2D eigenvalue weighted by atomic mass is 35.5. The number of aromatic nitrogens is 2. The lowest BCUT2D eigenvalue weighted by Crippen LogP contribution is -2.33. The summed E-state index contributed by atoms with van der Waals surface area (Å²) in [6.45, 7) is 0.